The molecule has 18 heavy (non-hydrogen) atoms. The summed E-state index contributed by atoms with van der Waals surface area (Å²) in [6, 6.07) is 3.09. The lowest BCUT2D eigenvalue weighted by Gasteiger charge is -2.24. The van der Waals surface area contributed by atoms with Crippen molar-refractivity contribution in [1.29, 1.82) is 0 Å². The minimum atomic E-state index is -0.424. The molecule has 0 bridgehead atoms. The van der Waals surface area contributed by atoms with Gasteiger partial charge in [-0.2, -0.15) is 0 Å². The Labute approximate surface area is 105 Å². The summed E-state index contributed by atoms with van der Waals surface area (Å²) < 4.78 is 0. The maximum atomic E-state index is 10.7. The monoisotopic (exact) mass is 248 g/mol. The lowest BCUT2D eigenvalue weighted by Crippen LogP contribution is -2.43. The van der Waals surface area contributed by atoms with Crippen LogP contribution in [0.2, 0.25) is 0 Å². The highest BCUT2D eigenvalue weighted by atomic mass is 16.6. The fraction of sp³-hybridized carbons (Fsp3) is 0.417. The molecule has 0 saturated carbocycles. The molecule has 0 aromatic heterocycles. The molecule has 6 heteroatoms. The Hall–Kier alpha value is -1.95. The number of hydrogen-bond donors (Lipinski definition) is 2. The van der Waals surface area contributed by atoms with E-state index >= 15 is 0 Å². The van der Waals surface area contributed by atoms with E-state index in [-0.39, 0.29) is 5.69 Å². The number of aryl methyl sites for hydroxylation is 1. The predicted molar refractivity (Wildman–Crippen MR) is 71.1 cm³/mol. The molecule has 0 atom stereocenters. The average Bonchev–Trinajstić information content (AvgIpc) is 2.25. The standard InChI is InChI=1S/C12H16N4O2/c1-8-2-10(7-15-6-9-4-14-5-9)11(13)3-12(8)16(17)18/h2-3,7,9,14H,4-6,13H2,1H3. The van der Waals surface area contributed by atoms with Crippen LogP contribution in [0.15, 0.2) is 17.1 Å². The molecule has 1 aliphatic heterocycles. The highest BCUT2D eigenvalue weighted by Crippen LogP contribution is 2.23. The molecule has 96 valence electrons. The number of nitrogens with zero attached hydrogens (tertiary/aromatic N) is 2. The smallest absolute Gasteiger partial charge is 0.274 e. The Morgan fingerprint density at radius 3 is 2.89 bits per heavy atom. The molecular formula is C12H16N4O2. The largest absolute Gasteiger partial charge is 0.398 e. The van der Waals surface area contributed by atoms with Crippen LogP contribution in [0.4, 0.5) is 11.4 Å². The number of nitro groups is 1. The van der Waals surface area contributed by atoms with Crippen molar-refractivity contribution < 1.29 is 4.92 Å². The van der Waals surface area contributed by atoms with Gasteiger partial charge in [0.2, 0.25) is 0 Å². The Balaban J connectivity index is 2.12. The van der Waals surface area contributed by atoms with Crippen LogP contribution in [0.5, 0.6) is 0 Å². The molecule has 1 heterocycles. The van der Waals surface area contributed by atoms with Crippen molar-refractivity contribution in [2.45, 2.75) is 6.92 Å². The van der Waals surface area contributed by atoms with Crippen LogP contribution < -0.4 is 11.1 Å². The summed E-state index contributed by atoms with van der Waals surface area (Å²) >= 11 is 0. The van der Waals surface area contributed by atoms with Crippen LogP contribution in [0, 0.1) is 23.0 Å². The Bertz CT molecular complexity index is 495. The first-order valence-electron chi connectivity index (χ1n) is 5.83. The fourth-order valence-electron chi connectivity index (χ4n) is 1.82. The van der Waals surface area contributed by atoms with Crippen molar-refractivity contribution in [3.05, 3.63) is 33.4 Å². The van der Waals surface area contributed by atoms with E-state index in [9.17, 15) is 10.1 Å². The lowest BCUT2D eigenvalue weighted by atomic mass is 10.0. The van der Waals surface area contributed by atoms with Gasteiger partial charge in [0.25, 0.3) is 5.69 Å². The molecule has 1 aliphatic rings. The first-order chi connectivity index (χ1) is 8.58. The van der Waals surface area contributed by atoms with Gasteiger partial charge >= 0.3 is 0 Å². The van der Waals surface area contributed by atoms with Gasteiger partial charge in [0, 0.05) is 54.6 Å². The molecule has 3 N–H and O–H groups in total. The van der Waals surface area contributed by atoms with Gasteiger partial charge in [0.05, 0.1) is 4.92 Å². The third-order valence-electron chi connectivity index (χ3n) is 3.06. The Morgan fingerprint density at radius 1 is 1.61 bits per heavy atom. The van der Waals surface area contributed by atoms with E-state index in [4.69, 9.17) is 5.73 Å². The van der Waals surface area contributed by atoms with Crippen molar-refractivity contribution in [2.24, 2.45) is 10.9 Å². The molecular weight excluding hydrogens is 232 g/mol. The zero-order valence-electron chi connectivity index (χ0n) is 10.2. The van der Waals surface area contributed by atoms with E-state index in [0.29, 0.717) is 17.2 Å². The van der Waals surface area contributed by atoms with Crippen LogP contribution in [-0.2, 0) is 0 Å². The van der Waals surface area contributed by atoms with E-state index in [1.54, 1.807) is 19.2 Å². The zero-order chi connectivity index (χ0) is 13.1. The second kappa shape index (κ2) is 5.14. The average molecular weight is 248 g/mol. The molecule has 0 spiro atoms. The number of nitrogen functional groups attached to an aromatic ring is 1. The fourth-order valence-corrected chi connectivity index (χ4v) is 1.82. The summed E-state index contributed by atoms with van der Waals surface area (Å²) in [6.07, 6.45) is 1.70. The minimum Gasteiger partial charge on any atom is -0.398 e. The van der Waals surface area contributed by atoms with Gasteiger partial charge in [-0.25, -0.2) is 0 Å². The number of nitro benzene ring substituents is 1. The maximum Gasteiger partial charge on any atom is 0.274 e. The molecule has 1 saturated heterocycles. The third-order valence-corrected chi connectivity index (χ3v) is 3.06. The normalized spacial score (nSPS) is 15.8. The minimum absolute atomic E-state index is 0.0489. The van der Waals surface area contributed by atoms with Gasteiger partial charge in [-0.3, -0.25) is 15.1 Å². The number of aliphatic imine (C=N–C) groups is 1. The van der Waals surface area contributed by atoms with E-state index in [1.165, 1.54) is 6.07 Å². The quantitative estimate of drug-likeness (QED) is 0.361. The van der Waals surface area contributed by atoms with Crippen LogP contribution in [-0.4, -0.2) is 30.8 Å². The molecule has 2 rings (SSSR count). The second-order valence-electron chi connectivity index (χ2n) is 4.54. The molecule has 0 unspecified atom stereocenters. The first kappa shape index (κ1) is 12.5. The van der Waals surface area contributed by atoms with E-state index in [2.05, 4.69) is 10.3 Å². The molecule has 1 aromatic carbocycles. The van der Waals surface area contributed by atoms with Crippen LogP contribution >= 0.6 is 0 Å². The van der Waals surface area contributed by atoms with Crippen molar-refractivity contribution in [2.75, 3.05) is 25.4 Å². The van der Waals surface area contributed by atoms with Crippen LogP contribution in [0.3, 0.4) is 0 Å². The van der Waals surface area contributed by atoms with Crippen molar-refractivity contribution >= 4 is 17.6 Å². The SMILES string of the molecule is Cc1cc(C=NCC2CNC2)c(N)cc1[N+](=O)[O-]. The van der Waals surface area contributed by atoms with Crippen LogP contribution in [0.25, 0.3) is 0 Å². The molecule has 1 aromatic rings. The summed E-state index contributed by atoms with van der Waals surface area (Å²) in [7, 11) is 0. The number of nitrogens with two attached hydrogens (primary N) is 1. The maximum absolute atomic E-state index is 10.7. The summed E-state index contributed by atoms with van der Waals surface area (Å²) in [4.78, 5) is 14.6. The number of nitrogens with one attached hydrogen (secondary N) is 1. The van der Waals surface area contributed by atoms with Crippen molar-refractivity contribution in [3.63, 3.8) is 0 Å². The van der Waals surface area contributed by atoms with Gasteiger partial charge in [0.1, 0.15) is 0 Å². The summed E-state index contributed by atoms with van der Waals surface area (Å²) in [5.41, 5.74) is 7.56. The van der Waals surface area contributed by atoms with Gasteiger partial charge in [0.15, 0.2) is 0 Å². The summed E-state index contributed by atoms with van der Waals surface area (Å²) in [5, 5.41) is 13.9. The van der Waals surface area contributed by atoms with Gasteiger partial charge in [-0.05, 0) is 13.0 Å². The number of benzene rings is 1. The van der Waals surface area contributed by atoms with Gasteiger partial charge in [-0.15, -0.1) is 0 Å². The van der Waals surface area contributed by atoms with Crippen molar-refractivity contribution in [1.82, 2.24) is 5.32 Å². The van der Waals surface area contributed by atoms with Gasteiger partial charge < -0.3 is 11.1 Å². The van der Waals surface area contributed by atoms with Crippen molar-refractivity contribution in [3.8, 4) is 0 Å². The number of hydrogen-bond acceptors (Lipinski definition) is 5. The molecule has 1 fully saturated rings. The zero-order valence-corrected chi connectivity index (χ0v) is 10.2. The molecule has 0 aliphatic carbocycles. The highest BCUT2D eigenvalue weighted by Gasteiger charge is 2.15. The number of anilines is 1. The van der Waals surface area contributed by atoms with Crippen LogP contribution in [0.1, 0.15) is 11.1 Å². The molecule has 6 nitrogen and oxygen atoms in total. The topological polar surface area (TPSA) is 93.5 Å². The van der Waals surface area contributed by atoms with Gasteiger partial charge in [-0.1, -0.05) is 0 Å². The summed E-state index contributed by atoms with van der Waals surface area (Å²) in [5.74, 6) is 0.599. The Kier molecular flexibility index (Phi) is 3.57. The van der Waals surface area contributed by atoms with E-state index < -0.39 is 4.92 Å². The molecule has 0 amide bonds. The molecule has 0 radical (unpaired) electrons. The second-order valence-corrected chi connectivity index (χ2v) is 4.54. The lowest BCUT2D eigenvalue weighted by molar-refractivity contribution is -0.385. The van der Waals surface area contributed by atoms with E-state index in [0.717, 1.165) is 25.2 Å². The number of rotatable bonds is 4. The van der Waals surface area contributed by atoms with E-state index in [1.807, 2.05) is 0 Å². The summed E-state index contributed by atoms with van der Waals surface area (Å²) in [6.45, 7) is 4.48. The highest BCUT2D eigenvalue weighted by molar-refractivity contribution is 5.88. The first-order valence-corrected chi connectivity index (χ1v) is 5.83. The third kappa shape index (κ3) is 2.65. The Morgan fingerprint density at radius 2 is 2.33 bits per heavy atom. The predicted octanol–water partition coefficient (Wildman–Crippen LogP) is 1.12.